The molecule has 2 aromatic carbocycles. The van der Waals surface area contributed by atoms with Gasteiger partial charge in [0.1, 0.15) is 11.6 Å². The summed E-state index contributed by atoms with van der Waals surface area (Å²) in [5.41, 5.74) is -0.455. The quantitative estimate of drug-likeness (QED) is 0.326. The fourth-order valence-corrected chi connectivity index (χ4v) is 4.04. The van der Waals surface area contributed by atoms with Gasteiger partial charge < -0.3 is 4.74 Å². The summed E-state index contributed by atoms with van der Waals surface area (Å²) in [6, 6.07) is 3.92. The molecule has 1 fully saturated rings. The van der Waals surface area contributed by atoms with Gasteiger partial charge in [0.15, 0.2) is 17.5 Å². The Labute approximate surface area is 172 Å². The number of aryl methyl sites for hydroxylation is 1. The van der Waals surface area contributed by atoms with Crippen LogP contribution in [0.15, 0.2) is 30.3 Å². The van der Waals surface area contributed by atoms with E-state index in [1.54, 1.807) is 0 Å². The Morgan fingerprint density at radius 2 is 1.47 bits per heavy atom. The highest BCUT2D eigenvalue weighted by molar-refractivity contribution is 5.30. The summed E-state index contributed by atoms with van der Waals surface area (Å²) in [5, 5.41) is 0. The molecule has 7 heteroatoms. The summed E-state index contributed by atoms with van der Waals surface area (Å²) in [4.78, 5) is 0. The van der Waals surface area contributed by atoms with Crippen LogP contribution in [0.2, 0.25) is 0 Å². The van der Waals surface area contributed by atoms with Crippen LogP contribution in [0.25, 0.3) is 0 Å². The van der Waals surface area contributed by atoms with Gasteiger partial charge in [-0.15, -0.1) is 0 Å². The summed E-state index contributed by atoms with van der Waals surface area (Å²) >= 11 is 0. The SMILES string of the molecule is CC[C@H]1CC[C@H](CCc2ccc(C(F)(F)Oc3cc(F)c(F)c(F)c3)c(F)c2)CC1. The Morgan fingerprint density at radius 1 is 0.867 bits per heavy atom. The molecule has 0 atom stereocenters. The van der Waals surface area contributed by atoms with E-state index in [2.05, 4.69) is 11.7 Å². The molecule has 3 rings (SSSR count). The lowest BCUT2D eigenvalue weighted by Crippen LogP contribution is -2.24. The standard InChI is InChI=1S/C23H24F6O/c1-2-14-3-5-15(6-4-14)7-8-16-9-10-18(19(24)11-16)23(28,29)30-17-12-20(25)22(27)21(26)13-17/h9-15H,2-8H2,1H3/t14-,15-. The van der Waals surface area contributed by atoms with Crippen LogP contribution in [0.4, 0.5) is 26.3 Å². The van der Waals surface area contributed by atoms with Gasteiger partial charge >= 0.3 is 6.11 Å². The highest BCUT2D eigenvalue weighted by Crippen LogP contribution is 2.36. The van der Waals surface area contributed by atoms with Crippen molar-refractivity contribution in [1.82, 2.24) is 0 Å². The smallest absolute Gasteiger partial charge is 0.429 e. The lowest BCUT2D eigenvalue weighted by Gasteiger charge is -2.27. The number of ether oxygens (including phenoxy) is 1. The number of rotatable bonds is 7. The average Bonchev–Trinajstić information content (AvgIpc) is 2.70. The molecule has 0 amide bonds. The fourth-order valence-electron chi connectivity index (χ4n) is 4.04. The van der Waals surface area contributed by atoms with E-state index in [-0.39, 0.29) is 12.1 Å². The maximum Gasteiger partial charge on any atom is 0.429 e. The summed E-state index contributed by atoms with van der Waals surface area (Å²) in [5.74, 6) is -5.93. The van der Waals surface area contributed by atoms with Crippen molar-refractivity contribution < 1.29 is 31.1 Å². The van der Waals surface area contributed by atoms with Crippen molar-refractivity contribution in [3.63, 3.8) is 0 Å². The van der Waals surface area contributed by atoms with Crippen LogP contribution in [-0.2, 0) is 12.5 Å². The minimum absolute atomic E-state index is 0.284. The molecule has 0 heterocycles. The molecule has 30 heavy (non-hydrogen) atoms. The van der Waals surface area contributed by atoms with Crippen molar-refractivity contribution in [3.05, 3.63) is 64.7 Å². The topological polar surface area (TPSA) is 9.23 Å². The predicted octanol–water partition coefficient (Wildman–Crippen LogP) is 7.52. The van der Waals surface area contributed by atoms with Crippen LogP contribution < -0.4 is 4.74 Å². The van der Waals surface area contributed by atoms with E-state index in [0.717, 1.165) is 37.3 Å². The zero-order valence-corrected chi connectivity index (χ0v) is 16.7. The fraction of sp³-hybridized carbons (Fsp3) is 0.478. The van der Waals surface area contributed by atoms with Crippen LogP contribution in [0.5, 0.6) is 5.75 Å². The van der Waals surface area contributed by atoms with Crippen LogP contribution in [0.1, 0.15) is 56.6 Å². The third kappa shape index (κ3) is 5.29. The van der Waals surface area contributed by atoms with Gasteiger partial charge in [0.25, 0.3) is 0 Å². The molecule has 0 unspecified atom stereocenters. The number of benzene rings is 2. The first kappa shape index (κ1) is 22.5. The Morgan fingerprint density at radius 3 is 2.03 bits per heavy atom. The number of hydrogen-bond acceptors (Lipinski definition) is 1. The Bertz CT molecular complexity index is 851. The number of halogens is 6. The molecular formula is C23H24F6O. The molecule has 1 nitrogen and oxygen atoms in total. The van der Waals surface area contributed by atoms with E-state index >= 15 is 0 Å². The maximum atomic E-state index is 14.4. The van der Waals surface area contributed by atoms with E-state index in [0.29, 0.717) is 17.9 Å². The second kappa shape index (κ2) is 9.31. The average molecular weight is 430 g/mol. The van der Waals surface area contributed by atoms with E-state index in [1.807, 2.05) is 0 Å². The summed E-state index contributed by atoms with van der Waals surface area (Å²) < 4.78 is 86.7. The van der Waals surface area contributed by atoms with Crippen molar-refractivity contribution in [2.75, 3.05) is 0 Å². The van der Waals surface area contributed by atoms with E-state index < -0.39 is 40.7 Å². The molecule has 0 aliphatic heterocycles. The highest BCUT2D eigenvalue weighted by Gasteiger charge is 2.38. The third-order valence-corrected chi connectivity index (χ3v) is 5.94. The Kier molecular flexibility index (Phi) is 6.98. The van der Waals surface area contributed by atoms with Crippen molar-refractivity contribution in [1.29, 1.82) is 0 Å². The van der Waals surface area contributed by atoms with Gasteiger partial charge in [0, 0.05) is 12.1 Å². The predicted molar refractivity (Wildman–Crippen MR) is 101 cm³/mol. The zero-order chi connectivity index (χ0) is 21.9. The molecule has 164 valence electrons. The Balaban J connectivity index is 1.65. The van der Waals surface area contributed by atoms with E-state index in [9.17, 15) is 26.3 Å². The second-order valence-corrected chi connectivity index (χ2v) is 7.97. The number of alkyl halides is 2. The zero-order valence-electron chi connectivity index (χ0n) is 16.7. The third-order valence-electron chi connectivity index (χ3n) is 5.94. The van der Waals surface area contributed by atoms with Gasteiger partial charge in [0.05, 0.1) is 5.56 Å². The van der Waals surface area contributed by atoms with Crippen molar-refractivity contribution >= 4 is 0 Å². The molecule has 0 spiro atoms. The highest BCUT2D eigenvalue weighted by atomic mass is 19.3. The largest absolute Gasteiger partial charge is 0.429 e. The van der Waals surface area contributed by atoms with E-state index in [1.165, 1.54) is 25.3 Å². The maximum absolute atomic E-state index is 14.4. The molecular weight excluding hydrogens is 406 g/mol. The molecule has 0 bridgehead atoms. The molecule has 2 aromatic rings. The van der Waals surface area contributed by atoms with E-state index in [4.69, 9.17) is 0 Å². The minimum Gasteiger partial charge on any atom is -0.429 e. The van der Waals surface area contributed by atoms with Crippen LogP contribution in [-0.4, -0.2) is 0 Å². The molecule has 1 aliphatic carbocycles. The first-order valence-electron chi connectivity index (χ1n) is 10.2. The second-order valence-electron chi connectivity index (χ2n) is 7.97. The monoisotopic (exact) mass is 430 g/mol. The lowest BCUT2D eigenvalue weighted by molar-refractivity contribution is -0.187. The van der Waals surface area contributed by atoms with Gasteiger partial charge in [-0.3, -0.25) is 0 Å². The first-order chi connectivity index (χ1) is 14.2. The minimum atomic E-state index is -4.18. The van der Waals surface area contributed by atoms with Gasteiger partial charge in [-0.25, -0.2) is 17.6 Å². The van der Waals surface area contributed by atoms with Crippen molar-refractivity contribution in [2.24, 2.45) is 11.8 Å². The molecule has 0 N–H and O–H groups in total. The van der Waals surface area contributed by atoms with Crippen LogP contribution >= 0.6 is 0 Å². The lowest BCUT2D eigenvalue weighted by atomic mass is 9.78. The normalized spacial score (nSPS) is 19.7. The Hall–Kier alpha value is -2.18. The summed E-state index contributed by atoms with van der Waals surface area (Å²) in [6.07, 6.45) is 3.12. The molecule has 0 aromatic heterocycles. The summed E-state index contributed by atoms with van der Waals surface area (Å²) in [7, 11) is 0. The first-order valence-corrected chi connectivity index (χ1v) is 10.2. The van der Waals surface area contributed by atoms with Crippen LogP contribution in [0.3, 0.4) is 0 Å². The van der Waals surface area contributed by atoms with Gasteiger partial charge in [-0.2, -0.15) is 8.78 Å². The van der Waals surface area contributed by atoms with Gasteiger partial charge in [-0.05, 0) is 42.4 Å². The van der Waals surface area contributed by atoms with Crippen LogP contribution in [0, 0.1) is 35.1 Å². The molecule has 0 saturated heterocycles. The molecule has 1 aliphatic rings. The number of hydrogen-bond donors (Lipinski definition) is 0. The van der Waals surface area contributed by atoms with Crippen molar-refractivity contribution in [3.8, 4) is 5.75 Å². The summed E-state index contributed by atoms with van der Waals surface area (Å²) in [6.45, 7) is 2.19. The van der Waals surface area contributed by atoms with Gasteiger partial charge in [0.2, 0.25) is 0 Å². The molecule has 1 saturated carbocycles. The molecule has 0 radical (unpaired) electrons. The van der Waals surface area contributed by atoms with Crippen molar-refractivity contribution in [2.45, 2.75) is 58.0 Å². The van der Waals surface area contributed by atoms with Gasteiger partial charge in [-0.1, -0.05) is 45.1 Å².